The molecule has 1 aromatic rings. The second-order valence-electron chi connectivity index (χ2n) is 5.44. The average molecular weight is 292 g/mol. The molecular weight excluding hydrogens is 268 g/mol. The molecule has 20 heavy (non-hydrogen) atoms. The Morgan fingerprint density at radius 2 is 2.30 bits per heavy atom. The van der Waals surface area contributed by atoms with Gasteiger partial charge in [0.25, 0.3) is 0 Å². The third kappa shape index (κ3) is 3.76. The molecule has 0 bridgehead atoms. The van der Waals surface area contributed by atoms with E-state index in [2.05, 4.69) is 30.3 Å². The van der Waals surface area contributed by atoms with Crippen molar-refractivity contribution in [3.8, 4) is 0 Å². The lowest BCUT2D eigenvalue weighted by Gasteiger charge is -2.23. The van der Waals surface area contributed by atoms with E-state index < -0.39 is 0 Å². The van der Waals surface area contributed by atoms with Gasteiger partial charge in [-0.2, -0.15) is 11.8 Å². The van der Waals surface area contributed by atoms with Crippen LogP contribution in [0, 0.1) is 6.92 Å². The summed E-state index contributed by atoms with van der Waals surface area (Å²) in [5.41, 5.74) is 3.34. The van der Waals surface area contributed by atoms with Crippen LogP contribution in [0.15, 0.2) is 18.2 Å². The Labute approximate surface area is 126 Å². The van der Waals surface area contributed by atoms with Crippen molar-refractivity contribution in [3.63, 3.8) is 0 Å². The predicted octanol–water partition coefficient (Wildman–Crippen LogP) is 2.93. The molecule has 1 fully saturated rings. The van der Waals surface area contributed by atoms with Crippen LogP contribution in [0.2, 0.25) is 0 Å². The van der Waals surface area contributed by atoms with E-state index in [9.17, 15) is 4.79 Å². The molecule has 1 amide bonds. The van der Waals surface area contributed by atoms with Crippen molar-refractivity contribution >= 4 is 23.4 Å². The number of anilines is 1. The molecule has 1 N–H and O–H groups in total. The van der Waals surface area contributed by atoms with E-state index in [0.29, 0.717) is 12.6 Å². The Hall–Kier alpha value is -1.000. The van der Waals surface area contributed by atoms with Crippen LogP contribution in [0.1, 0.15) is 24.5 Å². The van der Waals surface area contributed by atoms with Crippen molar-refractivity contribution in [2.75, 3.05) is 30.4 Å². The minimum Gasteiger partial charge on any atom is -0.324 e. The van der Waals surface area contributed by atoms with E-state index in [1.54, 1.807) is 0 Å². The number of nitrogens with one attached hydrogen (secondary N) is 1. The van der Waals surface area contributed by atoms with Crippen molar-refractivity contribution in [3.05, 3.63) is 29.3 Å². The SMILES string of the molecule is CCc1cccc(C)c1NC(=O)CN(C)C1CCSC1. The molecule has 0 spiro atoms. The van der Waals surface area contributed by atoms with E-state index in [1.165, 1.54) is 17.7 Å². The normalized spacial score (nSPS) is 18.5. The number of carbonyl (C=O) groups excluding carboxylic acids is 1. The number of thioether (sulfide) groups is 1. The van der Waals surface area contributed by atoms with Crippen LogP contribution >= 0.6 is 11.8 Å². The Kier molecular flexibility index (Phi) is 5.49. The number of rotatable bonds is 5. The van der Waals surface area contributed by atoms with Gasteiger partial charge in [0.1, 0.15) is 0 Å². The van der Waals surface area contributed by atoms with Gasteiger partial charge in [-0.25, -0.2) is 0 Å². The fourth-order valence-electron chi connectivity index (χ4n) is 2.61. The number of nitrogens with zero attached hydrogens (tertiary/aromatic N) is 1. The molecule has 4 heteroatoms. The monoisotopic (exact) mass is 292 g/mol. The first-order valence-corrected chi connectivity index (χ1v) is 8.43. The van der Waals surface area contributed by atoms with Crippen LogP contribution in [0.3, 0.4) is 0 Å². The molecule has 2 rings (SSSR count). The highest BCUT2D eigenvalue weighted by atomic mass is 32.2. The van der Waals surface area contributed by atoms with Gasteiger partial charge in [0, 0.05) is 17.5 Å². The summed E-state index contributed by atoms with van der Waals surface area (Å²) in [4.78, 5) is 14.4. The molecule has 1 aliphatic heterocycles. The average Bonchev–Trinajstić information content (AvgIpc) is 2.95. The largest absolute Gasteiger partial charge is 0.324 e. The third-order valence-corrected chi connectivity index (χ3v) is 5.07. The first-order valence-electron chi connectivity index (χ1n) is 7.28. The third-order valence-electron chi connectivity index (χ3n) is 3.93. The fraction of sp³-hybridized carbons (Fsp3) is 0.562. The number of benzene rings is 1. The van der Waals surface area contributed by atoms with Crippen LogP contribution in [0.4, 0.5) is 5.69 Å². The van der Waals surface area contributed by atoms with Gasteiger partial charge in [-0.3, -0.25) is 9.69 Å². The van der Waals surface area contributed by atoms with Crippen molar-refractivity contribution in [1.82, 2.24) is 4.90 Å². The summed E-state index contributed by atoms with van der Waals surface area (Å²) in [5, 5.41) is 3.10. The predicted molar refractivity (Wildman–Crippen MR) is 87.5 cm³/mol. The van der Waals surface area contributed by atoms with Crippen LogP contribution in [0.25, 0.3) is 0 Å². The van der Waals surface area contributed by atoms with E-state index in [1.807, 2.05) is 30.8 Å². The van der Waals surface area contributed by atoms with Gasteiger partial charge in [-0.05, 0) is 43.7 Å². The Balaban J connectivity index is 1.97. The zero-order valence-corrected chi connectivity index (χ0v) is 13.4. The fourth-order valence-corrected chi connectivity index (χ4v) is 3.90. The first-order chi connectivity index (χ1) is 9.61. The minimum absolute atomic E-state index is 0.0911. The van der Waals surface area contributed by atoms with Crippen LogP contribution < -0.4 is 5.32 Å². The summed E-state index contributed by atoms with van der Waals surface area (Å²) < 4.78 is 0. The molecule has 1 atom stereocenters. The molecule has 0 saturated carbocycles. The van der Waals surface area contributed by atoms with E-state index in [0.717, 1.165) is 23.4 Å². The molecule has 1 heterocycles. The second-order valence-corrected chi connectivity index (χ2v) is 6.59. The van der Waals surface area contributed by atoms with Gasteiger partial charge in [0.15, 0.2) is 0 Å². The Morgan fingerprint density at radius 3 is 2.95 bits per heavy atom. The van der Waals surface area contributed by atoms with E-state index in [-0.39, 0.29) is 5.91 Å². The Morgan fingerprint density at radius 1 is 1.50 bits per heavy atom. The lowest BCUT2D eigenvalue weighted by molar-refractivity contribution is -0.117. The second kappa shape index (κ2) is 7.14. The van der Waals surface area contributed by atoms with Gasteiger partial charge in [0.05, 0.1) is 6.54 Å². The number of para-hydroxylation sites is 1. The topological polar surface area (TPSA) is 32.3 Å². The van der Waals surface area contributed by atoms with Crippen LogP contribution in [-0.2, 0) is 11.2 Å². The number of likely N-dealkylation sites (N-methyl/N-ethyl adjacent to an activating group) is 1. The maximum absolute atomic E-state index is 12.2. The molecular formula is C16H24N2OS. The number of hydrogen-bond acceptors (Lipinski definition) is 3. The number of amides is 1. The van der Waals surface area contributed by atoms with Gasteiger partial charge in [0.2, 0.25) is 5.91 Å². The Bertz CT molecular complexity index is 470. The summed E-state index contributed by atoms with van der Waals surface area (Å²) in [7, 11) is 2.05. The van der Waals surface area contributed by atoms with Gasteiger partial charge in [-0.1, -0.05) is 25.1 Å². The first kappa shape index (κ1) is 15.4. The van der Waals surface area contributed by atoms with E-state index in [4.69, 9.17) is 0 Å². The number of aryl methyl sites for hydroxylation is 2. The minimum atomic E-state index is 0.0911. The molecule has 1 aromatic carbocycles. The molecule has 1 aliphatic rings. The summed E-state index contributed by atoms with van der Waals surface area (Å²) >= 11 is 1.98. The highest BCUT2D eigenvalue weighted by Crippen LogP contribution is 2.23. The molecule has 3 nitrogen and oxygen atoms in total. The maximum Gasteiger partial charge on any atom is 0.238 e. The van der Waals surface area contributed by atoms with Crippen molar-refractivity contribution in [2.45, 2.75) is 32.7 Å². The molecule has 110 valence electrons. The van der Waals surface area contributed by atoms with Crippen LogP contribution in [-0.4, -0.2) is 41.9 Å². The molecule has 0 aliphatic carbocycles. The zero-order valence-electron chi connectivity index (χ0n) is 12.6. The lowest BCUT2D eigenvalue weighted by Crippen LogP contribution is -2.38. The van der Waals surface area contributed by atoms with Crippen molar-refractivity contribution in [1.29, 1.82) is 0 Å². The highest BCUT2D eigenvalue weighted by molar-refractivity contribution is 7.99. The molecule has 1 unspecified atom stereocenters. The lowest BCUT2D eigenvalue weighted by atomic mass is 10.1. The van der Waals surface area contributed by atoms with Crippen molar-refractivity contribution in [2.24, 2.45) is 0 Å². The summed E-state index contributed by atoms with van der Waals surface area (Å²) in [6.45, 7) is 4.64. The molecule has 0 radical (unpaired) electrons. The number of hydrogen-bond donors (Lipinski definition) is 1. The van der Waals surface area contributed by atoms with E-state index >= 15 is 0 Å². The van der Waals surface area contributed by atoms with Crippen molar-refractivity contribution < 1.29 is 4.79 Å². The van der Waals surface area contributed by atoms with Crippen LogP contribution in [0.5, 0.6) is 0 Å². The zero-order chi connectivity index (χ0) is 14.5. The standard InChI is InChI=1S/C16H24N2OS/c1-4-13-7-5-6-12(2)16(13)17-15(19)10-18(3)14-8-9-20-11-14/h5-7,14H,4,8-11H2,1-3H3,(H,17,19). The number of carbonyl (C=O) groups is 1. The summed E-state index contributed by atoms with van der Waals surface area (Å²) in [6.07, 6.45) is 2.13. The highest BCUT2D eigenvalue weighted by Gasteiger charge is 2.21. The summed E-state index contributed by atoms with van der Waals surface area (Å²) in [6, 6.07) is 6.73. The van der Waals surface area contributed by atoms with Gasteiger partial charge in [-0.15, -0.1) is 0 Å². The quantitative estimate of drug-likeness (QED) is 0.905. The smallest absolute Gasteiger partial charge is 0.238 e. The van der Waals surface area contributed by atoms with Gasteiger partial charge < -0.3 is 5.32 Å². The molecule has 0 aromatic heterocycles. The molecule has 1 saturated heterocycles. The summed E-state index contributed by atoms with van der Waals surface area (Å²) in [5.74, 6) is 2.45. The van der Waals surface area contributed by atoms with Gasteiger partial charge >= 0.3 is 0 Å². The maximum atomic E-state index is 12.2.